The van der Waals surface area contributed by atoms with Gasteiger partial charge in [-0.05, 0) is 43.3 Å². The van der Waals surface area contributed by atoms with Crippen molar-refractivity contribution >= 4 is 23.2 Å². The molecule has 0 aliphatic rings. The van der Waals surface area contributed by atoms with Crippen LogP contribution in [-0.2, 0) is 0 Å². The van der Waals surface area contributed by atoms with E-state index in [0.29, 0.717) is 16.5 Å². The van der Waals surface area contributed by atoms with Gasteiger partial charge in [-0.25, -0.2) is 9.67 Å². The Kier molecular flexibility index (Phi) is 3.89. The maximum atomic E-state index is 12.2. The van der Waals surface area contributed by atoms with E-state index in [1.54, 1.807) is 35.9 Å². The first kappa shape index (κ1) is 14.3. The molecule has 1 heterocycles. The van der Waals surface area contributed by atoms with Gasteiger partial charge in [0.15, 0.2) is 0 Å². The molecule has 110 valence electrons. The molecule has 1 aromatic heterocycles. The van der Waals surface area contributed by atoms with Gasteiger partial charge in [-0.15, -0.1) is 5.10 Å². The Morgan fingerprint density at radius 1 is 1.09 bits per heavy atom. The third-order valence-corrected chi connectivity index (χ3v) is 3.33. The van der Waals surface area contributed by atoms with Gasteiger partial charge in [0, 0.05) is 10.7 Å². The summed E-state index contributed by atoms with van der Waals surface area (Å²) in [7, 11) is 0. The Bertz CT molecular complexity index is 797. The Balaban J connectivity index is 1.85. The van der Waals surface area contributed by atoms with Crippen LogP contribution in [0.2, 0.25) is 5.02 Å². The monoisotopic (exact) mass is 312 g/mol. The SMILES string of the molecule is Cc1nc(C(=O)Nc2ccccc2)nn1-c1ccc(Cl)cc1. The molecule has 0 saturated carbocycles. The average molecular weight is 313 g/mol. The predicted octanol–water partition coefficient (Wildman–Crippen LogP) is 3.48. The van der Waals surface area contributed by atoms with Crippen molar-refractivity contribution in [2.24, 2.45) is 0 Å². The molecule has 5 nitrogen and oxygen atoms in total. The fourth-order valence-electron chi connectivity index (χ4n) is 2.02. The molecule has 0 atom stereocenters. The minimum atomic E-state index is -0.345. The van der Waals surface area contributed by atoms with Gasteiger partial charge in [0.2, 0.25) is 5.82 Å². The number of aryl methyl sites for hydroxylation is 1. The van der Waals surface area contributed by atoms with Crippen LogP contribution in [0.5, 0.6) is 0 Å². The summed E-state index contributed by atoms with van der Waals surface area (Å²) in [5, 5.41) is 7.66. The van der Waals surface area contributed by atoms with Crippen molar-refractivity contribution < 1.29 is 4.79 Å². The summed E-state index contributed by atoms with van der Waals surface area (Å²) in [5.41, 5.74) is 1.50. The lowest BCUT2D eigenvalue weighted by molar-refractivity contribution is 0.101. The molecule has 0 aliphatic carbocycles. The molecular formula is C16H13ClN4O. The second kappa shape index (κ2) is 5.99. The molecule has 6 heteroatoms. The highest BCUT2D eigenvalue weighted by Gasteiger charge is 2.15. The highest BCUT2D eigenvalue weighted by Crippen LogP contribution is 2.15. The Labute approximate surface area is 132 Å². The Morgan fingerprint density at radius 3 is 2.45 bits per heavy atom. The summed E-state index contributed by atoms with van der Waals surface area (Å²) in [5.74, 6) is 0.402. The first-order valence-electron chi connectivity index (χ1n) is 6.69. The third-order valence-electron chi connectivity index (χ3n) is 3.07. The van der Waals surface area contributed by atoms with Gasteiger partial charge in [-0.2, -0.15) is 0 Å². The van der Waals surface area contributed by atoms with Gasteiger partial charge in [0.25, 0.3) is 5.91 Å². The number of carbonyl (C=O) groups excluding carboxylic acids is 1. The second-order valence-electron chi connectivity index (χ2n) is 4.69. The van der Waals surface area contributed by atoms with Crippen LogP contribution >= 0.6 is 11.6 Å². The lowest BCUT2D eigenvalue weighted by Crippen LogP contribution is -2.14. The van der Waals surface area contributed by atoms with Crippen molar-refractivity contribution in [3.8, 4) is 5.69 Å². The average Bonchev–Trinajstić information content (AvgIpc) is 2.91. The van der Waals surface area contributed by atoms with Gasteiger partial charge in [-0.3, -0.25) is 4.79 Å². The summed E-state index contributed by atoms with van der Waals surface area (Å²) in [6, 6.07) is 16.4. The molecule has 1 N–H and O–H groups in total. The van der Waals surface area contributed by atoms with Gasteiger partial charge in [0.05, 0.1) is 5.69 Å². The number of anilines is 1. The summed E-state index contributed by atoms with van der Waals surface area (Å²) >= 11 is 5.88. The first-order valence-corrected chi connectivity index (χ1v) is 7.07. The van der Waals surface area contributed by atoms with Crippen LogP contribution in [0.1, 0.15) is 16.4 Å². The molecule has 0 bridgehead atoms. The standard InChI is InChI=1S/C16H13ClN4O/c1-11-18-15(16(22)19-13-5-3-2-4-6-13)20-21(11)14-9-7-12(17)8-10-14/h2-10H,1H3,(H,19,22). The topological polar surface area (TPSA) is 59.8 Å². The number of nitrogens with one attached hydrogen (secondary N) is 1. The number of halogens is 1. The van der Waals surface area contributed by atoms with E-state index in [1.807, 2.05) is 30.3 Å². The summed E-state index contributed by atoms with van der Waals surface area (Å²) in [6.07, 6.45) is 0. The van der Waals surface area contributed by atoms with E-state index in [-0.39, 0.29) is 11.7 Å². The number of benzene rings is 2. The minimum absolute atomic E-state index is 0.122. The molecule has 0 spiro atoms. The number of carbonyl (C=O) groups is 1. The Morgan fingerprint density at radius 2 is 1.77 bits per heavy atom. The lowest BCUT2D eigenvalue weighted by atomic mass is 10.3. The Hall–Kier alpha value is -2.66. The van der Waals surface area contributed by atoms with E-state index >= 15 is 0 Å². The zero-order chi connectivity index (χ0) is 15.5. The number of hydrogen-bond donors (Lipinski definition) is 1. The highest BCUT2D eigenvalue weighted by molar-refractivity contribution is 6.30. The smallest absolute Gasteiger partial charge is 0.295 e. The van der Waals surface area contributed by atoms with E-state index in [1.165, 1.54) is 0 Å². The highest BCUT2D eigenvalue weighted by atomic mass is 35.5. The molecule has 0 saturated heterocycles. The van der Waals surface area contributed by atoms with Crippen molar-refractivity contribution in [1.82, 2.24) is 14.8 Å². The number of hydrogen-bond acceptors (Lipinski definition) is 3. The van der Waals surface area contributed by atoms with Crippen molar-refractivity contribution in [2.45, 2.75) is 6.92 Å². The van der Waals surface area contributed by atoms with Crippen LogP contribution in [0.4, 0.5) is 5.69 Å². The van der Waals surface area contributed by atoms with E-state index in [4.69, 9.17) is 11.6 Å². The van der Waals surface area contributed by atoms with Gasteiger partial charge >= 0.3 is 0 Å². The van der Waals surface area contributed by atoms with E-state index < -0.39 is 0 Å². The zero-order valence-electron chi connectivity index (χ0n) is 11.8. The number of aromatic nitrogens is 3. The molecule has 0 aliphatic heterocycles. The zero-order valence-corrected chi connectivity index (χ0v) is 12.6. The molecule has 2 aromatic carbocycles. The molecule has 0 unspecified atom stereocenters. The lowest BCUT2D eigenvalue weighted by Gasteiger charge is -2.02. The summed E-state index contributed by atoms with van der Waals surface area (Å²) in [4.78, 5) is 16.4. The van der Waals surface area contributed by atoms with Crippen LogP contribution in [0.15, 0.2) is 54.6 Å². The minimum Gasteiger partial charge on any atom is -0.319 e. The molecule has 1 amide bonds. The van der Waals surface area contributed by atoms with Crippen molar-refractivity contribution in [3.05, 3.63) is 71.3 Å². The van der Waals surface area contributed by atoms with Crippen LogP contribution in [0.3, 0.4) is 0 Å². The molecule has 3 aromatic rings. The normalized spacial score (nSPS) is 10.5. The van der Waals surface area contributed by atoms with Gasteiger partial charge in [-0.1, -0.05) is 29.8 Å². The van der Waals surface area contributed by atoms with Crippen molar-refractivity contribution in [1.29, 1.82) is 0 Å². The van der Waals surface area contributed by atoms with Crippen LogP contribution < -0.4 is 5.32 Å². The maximum absolute atomic E-state index is 12.2. The van der Waals surface area contributed by atoms with E-state index in [9.17, 15) is 4.79 Å². The fourth-order valence-corrected chi connectivity index (χ4v) is 2.15. The summed E-state index contributed by atoms with van der Waals surface area (Å²) in [6.45, 7) is 1.79. The van der Waals surface area contributed by atoms with Crippen LogP contribution in [0, 0.1) is 6.92 Å². The number of amides is 1. The molecule has 22 heavy (non-hydrogen) atoms. The van der Waals surface area contributed by atoms with E-state index in [0.717, 1.165) is 5.69 Å². The molecule has 3 rings (SSSR count). The number of para-hydroxylation sites is 1. The predicted molar refractivity (Wildman–Crippen MR) is 85.5 cm³/mol. The van der Waals surface area contributed by atoms with E-state index in [2.05, 4.69) is 15.4 Å². The van der Waals surface area contributed by atoms with Crippen molar-refractivity contribution in [3.63, 3.8) is 0 Å². The van der Waals surface area contributed by atoms with Crippen LogP contribution in [0.25, 0.3) is 5.69 Å². The quantitative estimate of drug-likeness (QED) is 0.805. The molecule has 0 fully saturated rings. The first-order chi connectivity index (χ1) is 10.6. The molecular weight excluding hydrogens is 300 g/mol. The number of rotatable bonds is 3. The molecule has 0 radical (unpaired) electrons. The van der Waals surface area contributed by atoms with Crippen molar-refractivity contribution in [2.75, 3.05) is 5.32 Å². The maximum Gasteiger partial charge on any atom is 0.295 e. The fraction of sp³-hybridized carbons (Fsp3) is 0.0625. The van der Waals surface area contributed by atoms with Crippen LogP contribution in [-0.4, -0.2) is 20.7 Å². The van der Waals surface area contributed by atoms with Gasteiger partial charge in [0.1, 0.15) is 5.82 Å². The largest absolute Gasteiger partial charge is 0.319 e. The number of nitrogens with zero attached hydrogens (tertiary/aromatic N) is 3. The van der Waals surface area contributed by atoms with Gasteiger partial charge < -0.3 is 5.32 Å². The second-order valence-corrected chi connectivity index (χ2v) is 5.13. The summed E-state index contributed by atoms with van der Waals surface area (Å²) < 4.78 is 1.61. The third kappa shape index (κ3) is 2.99.